The Hall–Kier alpha value is -2.26. The van der Waals surface area contributed by atoms with E-state index >= 15 is 0 Å². The zero-order valence-electron chi connectivity index (χ0n) is 18.0. The largest absolute Gasteiger partial charge is 0.497 e. The molecule has 1 aliphatic rings. The van der Waals surface area contributed by atoms with E-state index in [4.69, 9.17) is 19.7 Å². The first-order valence-corrected chi connectivity index (χ1v) is 11.3. The Morgan fingerprint density at radius 1 is 1.13 bits per heavy atom. The number of ether oxygens (including phenoxy) is 2. The Bertz CT molecular complexity index is 873. The maximum absolute atomic E-state index is 12.5. The highest BCUT2D eigenvalue weighted by Gasteiger charge is 2.35. The smallest absolute Gasteiger partial charge is 0.225 e. The first-order valence-electron chi connectivity index (χ1n) is 10.4. The van der Waals surface area contributed by atoms with Crippen molar-refractivity contribution >= 4 is 23.4 Å². The van der Waals surface area contributed by atoms with E-state index in [-0.39, 0.29) is 24.5 Å². The quantitative estimate of drug-likeness (QED) is 0.514. The van der Waals surface area contributed by atoms with E-state index in [0.29, 0.717) is 31.2 Å². The maximum atomic E-state index is 12.5. The van der Waals surface area contributed by atoms with Crippen molar-refractivity contribution in [3.8, 4) is 11.5 Å². The molecular formula is C23H30N2O5S. The van der Waals surface area contributed by atoms with E-state index in [1.165, 1.54) is 0 Å². The molecule has 0 aliphatic carbocycles. The lowest BCUT2D eigenvalue weighted by Gasteiger charge is -2.26. The van der Waals surface area contributed by atoms with E-state index in [0.717, 1.165) is 29.1 Å². The van der Waals surface area contributed by atoms with Gasteiger partial charge in [-0.25, -0.2) is 0 Å². The number of rotatable bonds is 11. The van der Waals surface area contributed by atoms with Crippen LogP contribution < -0.4 is 14.4 Å². The topological polar surface area (TPSA) is 82.5 Å². The predicted molar refractivity (Wildman–Crippen MR) is 122 cm³/mol. The Balaban J connectivity index is 1.77. The Kier molecular flexibility index (Phi) is 8.60. The molecular weight excluding hydrogens is 416 g/mol. The van der Waals surface area contributed by atoms with Crippen molar-refractivity contribution in [3.05, 3.63) is 48.0 Å². The van der Waals surface area contributed by atoms with Crippen molar-refractivity contribution in [2.24, 2.45) is 0 Å². The van der Waals surface area contributed by atoms with Gasteiger partial charge < -0.3 is 19.7 Å². The molecule has 1 amide bonds. The van der Waals surface area contributed by atoms with Crippen LogP contribution in [0, 0.1) is 0 Å². The summed E-state index contributed by atoms with van der Waals surface area (Å²) in [5.41, 5.74) is 1.79. The Morgan fingerprint density at radius 2 is 1.87 bits per heavy atom. The second-order valence-electron chi connectivity index (χ2n) is 7.22. The molecule has 1 atom stereocenters. The highest BCUT2D eigenvalue weighted by atomic mass is 32.2. The highest BCUT2D eigenvalue weighted by Crippen LogP contribution is 2.53. The minimum atomic E-state index is -0.236. The molecule has 2 N–H and O–H groups in total. The minimum absolute atomic E-state index is 0.0279. The molecule has 0 fully saturated rings. The fourth-order valence-electron chi connectivity index (χ4n) is 3.66. The molecule has 1 aliphatic heterocycles. The molecule has 8 heteroatoms. The predicted octanol–water partition coefficient (Wildman–Crippen LogP) is 2.91. The third-order valence-electron chi connectivity index (χ3n) is 5.13. The van der Waals surface area contributed by atoms with Crippen molar-refractivity contribution in [3.63, 3.8) is 0 Å². The number of fused-ring (bicyclic) bond motifs is 1. The van der Waals surface area contributed by atoms with Gasteiger partial charge >= 0.3 is 0 Å². The Labute approximate surface area is 187 Å². The second kappa shape index (κ2) is 11.4. The van der Waals surface area contributed by atoms with Crippen LogP contribution in [0.25, 0.3) is 0 Å². The van der Waals surface area contributed by atoms with Gasteiger partial charge in [0.2, 0.25) is 5.91 Å². The van der Waals surface area contributed by atoms with Gasteiger partial charge in [-0.2, -0.15) is 0 Å². The summed E-state index contributed by atoms with van der Waals surface area (Å²) in [6.07, 6.45) is 0.750. The summed E-state index contributed by atoms with van der Waals surface area (Å²) in [5.74, 6) is 1.40. The van der Waals surface area contributed by atoms with E-state index in [2.05, 4.69) is 0 Å². The van der Waals surface area contributed by atoms with Crippen molar-refractivity contribution in [2.75, 3.05) is 51.5 Å². The molecule has 0 spiro atoms. The molecule has 0 saturated heterocycles. The minimum Gasteiger partial charge on any atom is -0.497 e. The summed E-state index contributed by atoms with van der Waals surface area (Å²) in [6.45, 7) is 3.95. The lowest BCUT2D eigenvalue weighted by atomic mass is 10.1. The van der Waals surface area contributed by atoms with Crippen LogP contribution >= 0.6 is 11.8 Å². The summed E-state index contributed by atoms with van der Waals surface area (Å²) >= 11 is 1.62. The lowest BCUT2D eigenvalue weighted by Crippen LogP contribution is -2.31. The number of nitrogens with zero attached hydrogens (tertiary/aromatic N) is 2. The molecule has 31 heavy (non-hydrogen) atoms. The number of amides is 1. The highest BCUT2D eigenvalue weighted by molar-refractivity contribution is 8.00. The molecule has 0 aromatic heterocycles. The van der Waals surface area contributed by atoms with Crippen LogP contribution in [0.2, 0.25) is 0 Å². The van der Waals surface area contributed by atoms with Gasteiger partial charge in [0, 0.05) is 37.0 Å². The van der Waals surface area contributed by atoms with Crippen LogP contribution in [0.5, 0.6) is 11.5 Å². The van der Waals surface area contributed by atoms with Gasteiger partial charge in [0.25, 0.3) is 0 Å². The number of hydrogen-bond donors (Lipinski definition) is 2. The maximum Gasteiger partial charge on any atom is 0.225 e. The van der Waals surface area contributed by atoms with Crippen LogP contribution in [-0.2, 0) is 4.79 Å². The van der Waals surface area contributed by atoms with E-state index in [9.17, 15) is 4.79 Å². The third kappa shape index (κ3) is 5.71. The summed E-state index contributed by atoms with van der Waals surface area (Å²) in [4.78, 5) is 17.4. The molecule has 168 valence electrons. The fourth-order valence-corrected chi connectivity index (χ4v) is 5.02. The Morgan fingerprint density at radius 3 is 2.55 bits per heavy atom. The number of para-hydroxylation sites is 1. The molecule has 0 saturated carbocycles. The first-order chi connectivity index (χ1) is 15.1. The van der Waals surface area contributed by atoms with Gasteiger partial charge in [-0.15, -0.1) is 0 Å². The van der Waals surface area contributed by atoms with Gasteiger partial charge in [0.05, 0.1) is 32.6 Å². The van der Waals surface area contributed by atoms with Crippen LogP contribution in [-0.4, -0.2) is 67.6 Å². The molecule has 3 rings (SSSR count). The first kappa shape index (κ1) is 23.4. The molecule has 2 aromatic carbocycles. The number of thioether (sulfide) groups is 1. The summed E-state index contributed by atoms with van der Waals surface area (Å²) in [7, 11) is 1.62. The van der Waals surface area contributed by atoms with Gasteiger partial charge in [-0.1, -0.05) is 23.9 Å². The average molecular weight is 447 g/mol. The second-order valence-corrected chi connectivity index (χ2v) is 8.34. The van der Waals surface area contributed by atoms with Crippen molar-refractivity contribution in [1.29, 1.82) is 0 Å². The van der Waals surface area contributed by atoms with Crippen LogP contribution in [0.3, 0.4) is 0 Å². The number of carbonyl (C=O) groups excluding carboxylic acids is 1. The molecule has 0 radical (unpaired) electrons. The number of benzene rings is 2. The fraction of sp³-hybridized carbons (Fsp3) is 0.435. The standard InChI is InChI=1S/C23H30N2O5S/c1-17(28)25-20-6-3-4-7-22(20)31-23(25)19-16-18(29-2)8-9-21(19)30-15-5-10-24(11-13-26)12-14-27/h3-4,6-9,16,23,26-27H,5,10-15H2,1-2H3. The number of anilines is 1. The van der Waals surface area contributed by atoms with E-state index in [1.807, 2.05) is 47.4 Å². The zero-order chi connectivity index (χ0) is 22.2. The van der Waals surface area contributed by atoms with Crippen molar-refractivity contribution in [1.82, 2.24) is 4.90 Å². The van der Waals surface area contributed by atoms with E-state index < -0.39 is 0 Å². The zero-order valence-corrected chi connectivity index (χ0v) is 18.8. The summed E-state index contributed by atoms with van der Waals surface area (Å²) in [6, 6.07) is 13.6. The van der Waals surface area contributed by atoms with Gasteiger partial charge in [-0.3, -0.25) is 14.6 Å². The van der Waals surface area contributed by atoms with Crippen LogP contribution in [0.4, 0.5) is 5.69 Å². The van der Waals surface area contributed by atoms with Crippen molar-refractivity contribution in [2.45, 2.75) is 23.6 Å². The molecule has 2 aromatic rings. The van der Waals surface area contributed by atoms with E-state index in [1.54, 1.807) is 30.7 Å². The number of hydrogen-bond acceptors (Lipinski definition) is 7. The van der Waals surface area contributed by atoms with Gasteiger partial charge in [-0.05, 0) is 36.8 Å². The molecule has 1 unspecified atom stereocenters. The number of aliphatic hydroxyl groups excluding tert-OH is 2. The van der Waals surface area contributed by atoms with Crippen LogP contribution in [0.15, 0.2) is 47.4 Å². The number of carbonyl (C=O) groups is 1. The summed E-state index contributed by atoms with van der Waals surface area (Å²) < 4.78 is 11.6. The summed E-state index contributed by atoms with van der Waals surface area (Å²) in [5, 5.41) is 18.1. The lowest BCUT2D eigenvalue weighted by molar-refractivity contribution is -0.116. The van der Waals surface area contributed by atoms with Gasteiger partial charge in [0.1, 0.15) is 16.9 Å². The molecule has 1 heterocycles. The van der Waals surface area contributed by atoms with Crippen molar-refractivity contribution < 1.29 is 24.5 Å². The normalized spacial score (nSPS) is 15.3. The average Bonchev–Trinajstić information content (AvgIpc) is 3.16. The number of methoxy groups -OCH3 is 1. The third-order valence-corrected chi connectivity index (χ3v) is 6.42. The monoisotopic (exact) mass is 446 g/mol. The van der Waals surface area contributed by atoms with Crippen LogP contribution in [0.1, 0.15) is 24.3 Å². The molecule has 0 bridgehead atoms. The molecule has 7 nitrogen and oxygen atoms in total. The SMILES string of the molecule is COc1ccc(OCCCN(CCO)CCO)c(C2Sc3ccccc3N2C(C)=O)c1. The number of aliphatic hydroxyl groups is 2. The van der Waals surface area contributed by atoms with Gasteiger partial charge in [0.15, 0.2) is 0 Å².